The van der Waals surface area contributed by atoms with E-state index in [9.17, 15) is 13.6 Å². The maximum Gasteiger partial charge on any atom is 0.237 e. The van der Waals surface area contributed by atoms with Crippen molar-refractivity contribution in [1.29, 1.82) is 0 Å². The largest absolute Gasteiger partial charge is 0.355 e. The standard InChI is InChI=1S/C22H34F2N4O/c1-3-9-27-10-7-19(8-11-27)28-15-18(13-21(28)22(29)25-4-2)26-14-16-5-6-17(23)12-20(16)24/h5-6,12,18-19,21,26H,3-4,7-11,13-15H2,1-2H3,(H,25,29)/t18-,21-/m0/s1. The summed E-state index contributed by atoms with van der Waals surface area (Å²) in [5.74, 6) is -1.01. The monoisotopic (exact) mass is 408 g/mol. The minimum absolute atomic E-state index is 0.0840. The molecule has 1 amide bonds. The summed E-state index contributed by atoms with van der Waals surface area (Å²) in [5.41, 5.74) is 0.451. The van der Waals surface area contributed by atoms with Crippen molar-refractivity contribution in [1.82, 2.24) is 20.4 Å². The number of likely N-dealkylation sites (tertiary alicyclic amines) is 2. The van der Waals surface area contributed by atoms with E-state index in [1.807, 2.05) is 6.92 Å². The Labute approximate surface area is 172 Å². The second kappa shape index (κ2) is 10.5. The summed E-state index contributed by atoms with van der Waals surface area (Å²) in [4.78, 5) is 17.5. The van der Waals surface area contributed by atoms with Gasteiger partial charge in [-0.15, -0.1) is 0 Å². The van der Waals surface area contributed by atoms with E-state index in [0.717, 1.165) is 45.1 Å². The molecule has 0 saturated carbocycles. The van der Waals surface area contributed by atoms with Crippen molar-refractivity contribution < 1.29 is 13.6 Å². The van der Waals surface area contributed by atoms with Crippen molar-refractivity contribution in [2.45, 2.75) is 64.2 Å². The lowest BCUT2D eigenvalue weighted by Crippen LogP contribution is -2.51. The van der Waals surface area contributed by atoms with E-state index in [-0.39, 0.29) is 18.0 Å². The van der Waals surface area contributed by atoms with Crippen LogP contribution in [-0.4, -0.2) is 66.6 Å². The van der Waals surface area contributed by atoms with Crippen LogP contribution >= 0.6 is 0 Å². The molecule has 5 nitrogen and oxygen atoms in total. The first-order valence-electron chi connectivity index (χ1n) is 10.9. The topological polar surface area (TPSA) is 47.6 Å². The van der Waals surface area contributed by atoms with E-state index in [1.54, 1.807) is 0 Å². The third-order valence-electron chi connectivity index (χ3n) is 6.16. The van der Waals surface area contributed by atoms with Gasteiger partial charge in [0.15, 0.2) is 0 Å². The molecule has 2 fully saturated rings. The van der Waals surface area contributed by atoms with E-state index in [0.29, 0.717) is 31.1 Å². The number of hydrogen-bond acceptors (Lipinski definition) is 4. The summed E-state index contributed by atoms with van der Waals surface area (Å²) in [7, 11) is 0. The molecule has 2 aliphatic heterocycles. The predicted octanol–water partition coefficient (Wildman–Crippen LogP) is 2.51. The fourth-order valence-corrected chi connectivity index (χ4v) is 4.67. The SMILES string of the molecule is CCCN1CCC(N2C[C@@H](NCc3ccc(F)cc3F)C[C@H]2C(=O)NCC)CC1. The summed E-state index contributed by atoms with van der Waals surface area (Å²) in [5, 5.41) is 6.36. The molecule has 3 rings (SSSR count). The van der Waals surface area contributed by atoms with E-state index in [1.165, 1.54) is 18.6 Å². The van der Waals surface area contributed by atoms with Gasteiger partial charge in [-0.2, -0.15) is 0 Å². The molecule has 0 unspecified atom stereocenters. The Hall–Kier alpha value is -1.57. The lowest BCUT2D eigenvalue weighted by Gasteiger charge is -2.38. The molecule has 0 radical (unpaired) electrons. The van der Waals surface area contributed by atoms with Gasteiger partial charge in [0.2, 0.25) is 5.91 Å². The van der Waals surface area contributed by atoms with Gasteiger partial charge in [0, 0.05) is 43.3 Å². The second-order valence-electron chi connectivity index (χ2n) is 8.23. The van der Waals surface area contributed by atoms with Gasteiger partial charge in [0.25, 0.3) is 0 Å². The van der Waals surface area contributed by atoms with Crippen LogP contribution in [-0.2, 0) is 11.3 Å². The Morgan fingerprint density at radius 2 is 1.97 bits per heavy atom. The predicted molar refractivity (Wildman–Crippen MR) is 111 cm³/mol. The lowest BCUT2D eigenvalue weighted by molar-refractivity contribution is -0.126. The van der Waals surface area contributed by atoms with Crippen LogP contribution in [0.1, 0.15) is 45.1 Å². The van der Waals surface area contributed by atoms with Crippen LogP contribution in [0.3, 0.4) is 0 Å². The van der Waals surface area contributed by atoms with Gasteiger partial charge in [-0.05, 0) is 58.3 Å². The molecule has 0 bridgehead atoms. The number of carbonyl (C=O) groups excluding carboxylic acids is 1. The number of halogens is 2. The van der Waals surface area contributed by atoms with E-state index >= 15 is 0 Å². The normalized spacial score (nSPS) is 24.1. The minimum atomic E-state index is -0.566. The highest BCUT2D eigenvalue weighted by Gasteiger charge is 2.40. The van der Waals surface area contributed by atoms with Crippen molar-refractivity contribution in [3.05, 3.63) is 35.4 Å². The number of carbonyl (C=O) groups is 1. The molecule has 2 aliphatic rings. The third kappa shape index (κ3) is 5.74. The number of piperidine rings is 1. The molecule has 0 aliphatic carbocycles. The molecule has 162 valence electrons. The highest BCUT2D eigenvalue weighted by Crippen LogP contribution is 2.27. The van der Waals surface area contributed by atoms with Crippen molar-refractivity contribution in [3.8, 4) is 0 Å². The third-order valence-corrected chi connectivity index (χ3v) is 6.16. The summed E-state index contributed by atoms with van der Waals surface area (Å²) < 4.78 is 27.1. The Morgan fingerprint density at radius 1 is 1.21 bits per heavy atom. The van der Waals surface area contributed by atoms with E-state index in [2.05, 4.69) is 27.4 Å². The van der Waals surface area contributed by atoms with E-state index in [4.69, 9.17) is 0 Å². The number of nitrogens with zero attached hydrogens (tertiary/aromatic N) is 2. The Kier molecular flexibility index (Phi) is 7.98. The van der Waals surface area contributed by atoms with Crippen LogP contribution in [0.4, 0.5) is 8.78 Å². The molecular formula is C22H34F2N4O. The number of likely N-dealkylation sites (N-methyl/N-ethyl adjacent to an activating group) is 1. The van der Waals surface area contributed by atoms with Crippen molar-refractivity contribution in [2.24, 2.45) is 0 Å². The fraction of sp³-hybridized carbons (Fsp3) is 0.682. The average molecular weight is 409 g/mol. The molecule has 7 heteroatoms. The highest BCUT2D eigenvalue weighted by molar-refractivity contribution is 5.82. The van der Waals surface area contributed by atoms with Crippen molar-refractivity contribution >= 4 is 5.91 Å². The van der Waals surface area contributed by atoms with E-state index < -0.39 is 11.6 Å². The van der Waals surface area contributed by atoms with Gasteiger partial charge in [-0.3, -0.25) is 9.69 Å². The lowest BCUT2D eigenvalue weighted by atomic mass is 10.0. The van der Waals surface area contributed by atoms with Gasteiger partial charge in [-0.1, -0.05) is 13.0 Å². The molecule has 0 aromatic heterocycles. The second-order valence-corrected chi connectivity index (χ2v) is 8.23. The van der Waals surface area contributed by atoms with Crippen LogP contribution in [0.15, 0.2) is 18.2 Å². The number of rotatable bonds is 8. The maximum absolute atomic E-state index is 13.9. The smallest absolute Gasteiger partial charge is 0.237 e. The molecule has 29 heavy (non-hydrogen) atoms. The first-order chi connectivity index (χ1) is 14.0. The summed E-state index contributed by atoms with van der Waals surface area (Å²) >= 11 is 0. The number of hydrogen-bond donors (Lipinski definition) is 2. The Bertz CT molecular complexity index is 679. The number of amides is 1. The molecule has 2 N–H and O–H groups in total. The van der Waals surface area contributed by atoms with Crippen LogP contribution in [0, 0.1) is 11.6 Å². The Balaban J connectivity index is 1.61. The molecule has 2 saturated heterocycles. The quantitative estimate of drug-likeness (QED) is 0.694. The Morgan fingerprint density at radius 3 is 2.62 bits per heavy atom. The van der Waals surface area contributed by atoms with Gasteiger partial charge >= 0.3 is 0 Å². The molecule has 1 aromatic carbocycles. The fourth-order valence-electron chi connectivity index (χ4n) is 4.67. The number of nitrogens with one attached hydrogen (secondary N) is 2. The van der Waals surface area contributed by atoms with Crippen LogP contribution < -0.4 is 10.6 Å². The zero-order chi connectivity index (χ0) is 20.8. The zero-order valence-corrected chi connectivity index (χ0v) is 17.6. The molecule has 1 aromatic rings. The number of benzene rings is 1. The summed E-state index contributed by atoms with van der Waals surface area (Å²) in [6.07, 6.45) is 4.04. The first kappa shape index (κ1) is 22.1. The van der Waals surface area contributed by atoms with Gasteiger partial charge in [0.1, 0.15) is 11.6 Å². The van der Waals surface area contributed by atoms with Crippen LogP contribution in [0.25, 0.3) is 0 Å². The minimum Gasteiger partial charge on any atom is -0.355 e. The van der Waals surface area contributed by atoms with Crippen molar-refractivity contribution in [2.75, 3.05) is 32.7 Å². The zero-order valence-electron chi connectivity index (χ0n) is 17.6. The summed E-state index contributed by atoms with van der Waals surface area (Å²) in [6, 6.07) is 4.05. The highest BCUT2D eigenvalue weighted by atomic mass is 19.1. The maximum atomic E-state index is 13.9. The van der Waals surface area contributed by atoms with Crippen LogP contribution in [0.5, 0.6) is 0 Å². The summed E-state index contributed by atoms with van der Waals surface area (Å²) in [6.45, 7) is 9.18. The van der Waals surface area contributed by atoms with Crippen LogP contribution in [0.2, 0.25) is 0 Å². The molecule has 2 atom stereocenters. The average Bonchev–Trinajstić information content (AvgIpc) is 3.13. The first-order valence-corrected chi connectivity index (χ1v) is 10.9. The van der Waals surface area contributed by atoms with Gasteiger partial charge in [0.05, 0.1) is 6.04 Å². The van der Waals surface area contributed by atoms with Gasteiger partial charge < -0.3 is 15.5 Å². The van der Waals surface area contributed by atoms with Crippen molar-refractivity contribution in [3.63, 3.8) is 0 Å². The molecule has 2 heterocycles. The molecule has 0 spiro atoms. The molecular weight excluding hydrogens is 374 g/mol. The van der Waals surface area contributed by atoms with Gasteiger partial charge in [-0.25, -0.2) is 8.78 Å².